The number of ether oxygens (including phenoxy) is 1. The van der Waals surface area contributed by atoms with Crippen molar-refractivity contribution in [3.63, 3.8) is 0 Å². The first-order valence-electron chi connectivity index (χ1n) is 8.05. The third kappa shape index (κ3) is 4.77. The van der Waals surface area contributed by atoms with Crippen LogP contribution >= 0.6 is 35.4 Å². The fourth-order valence-electron chi connectivity index (χ4n) is 2.49. The molecule has 0 aromatic heterocycles. The van der Waals surface area contributed by atoms with Crippen LogP contribution in [0.2, 0.25) is 10.0 Å². The highest BCUT2D eigenvalue weighted by Gasteiger charge is 2.26. The number of nitro benzene ring substituents is 2. The zero-order valence-corrected chi connectivity index (χ0v) is 17.2. The molecule has 1 fully saturated rings. The van der Waals surface area contributed by atoms with Gasteiger partial charge in [-0.15, -0.1) is 0 Å². The van der Waals surface area contributed by atoms with Crippen molar-refractivity contribution in [1.82, 2.24) is 10.6 Å². The Kier molecular flexibility index (Phi) is 6.15. The van der Waals surface area contributed by atoms with Gasteiger partial charge in [-0.1, -0.05) is 23.2 Å². The number of halogens is 2. The number of thiocarbonyl (C=S) groups is 1. The molecule has 31 heavy (non-hydrogen) atoms. The van der Waals surface area contributed by atoms with Crippen molar-refractivity contribution in [2.75, 3.05) is 0 Å². The minimum Gasteiger partial charge on any atom is -0.447 e. The Morgan fingerprint density at radius 1 is 0.968 bits per heavy atom. The number of carbonyl (C=O) groups is 2. The summed E-state index contributed by atoms with van der Waals surface area (Å²) in [4.78, 5) is 44.4. The zero-order valence-electron chi connectivity index (χ0n) is 14.9. The van der Waals surface area contributed by atoms with E-state index in [0.717, 1.165) is 18.2 Å². The molecule has 1 saturated heterocycles. The summed E-state index contributed by atoms with van der Waals surface area (Å²) in [6, 6.07) is 5.41. The zero-order chi connectivity index (χ0) is 22.9. The highest BCUT2D eigenvalue weighted by molar-refractivity contribution is 7.80. The number of nitrogens with zero attached hydrogens (tertiary/aromatic N) is 2. The van der Waals surface area contributed by atoms with E-state index in [9.17, 15) is 29.8 Å². The molecule has 0 atom stereocenters. The molecule has 2 aromatic carbocycles. The third-order valence-corrected chi connectivity index (χ3v) is 4.60. The van der Waals surface area contributed by atoms with Crippen LogP contribution in [0.4, 0.5) is 11.4 Å². The lowest BCUT2D eigenvalue weighted by Crippen LogP contribution is -2.51. The smallest absolute Gasteiger partial charge is 0.318 e. The van der Waals surface area contributed by atoms with Crippen LogP contribution in [-0.2, 0) is 9.59 Å². The SMILES string of the molecule is O=C1NC(=S)NC(=O)C1=Cc1cc(Cl)c(Oc2ccc([N+](=O)[O-])cc2[N+](=O)[O-])c(Cl)c1. The second-order valence-corrected chi connectivity index (χ2v) is 7.10. The van der Waals surface area contributed by atoms with Crippen molar-refractivity contribution in [1.29, 1.82) is 0 Å². The maximum atomic E-state index is 11.9. The second-order valence-electron chi connectivity index (χ2n) is 5.88. The largest absolute Gasteiger partial charge is 0.447 e. The van der Waals surface area contributed by atoms with Gasteiger partial charge in [-0.05, 0) is 42.1 Å². The maximum Gasteiger partial charge on any atom is 0.318 e. The van der Waals surface area contributed by atoms with Gasteiger partial charge in [0.15, 0.2) is 10.9 Å². The standard InChI is InChI=1S/C17H8Cl2N4O7S/c18-10-4-7(3-9-15(24)20-17(31)21-16(9)25)5-11(19)14(10)30-13-2-1-8(22(26)27)6-12(13)23(28)29/h1-6H,(H2,20,21,24,25,31). The molecule has 0 saturated carbocycles. The van der Waals surface area contributed by atoms with E-state index in [1.54, 1.807) is 0 Å². The Bertz CT molecular complexity index is 1170. The van der Waals surface area contributed by atoms with Crippen molar-refractivity contribution < 1.29 is 24.2 Å². The Labute approximate surface area is 187 Å². The van der Waals surface area contributed by atoms with Crippen molar-refractivity contribution in [3.8, 4) is 11.5 Å². The summed E-state index contributed by atoms with van der Waals surface area (Å²) in [6.45, 7) is 0. The van der Waals surface area contributed by atoms with Gasteiger partial charge in [0.05, 0.1) is 26.0 Å². The first kappa shape index (κ1) is 22.1. The van der Waals surface area contributed by atoms with E-state index in [2.05, 4.69) is 10.6 Å². The Morgan fingerprint density at radius 2 is 1.55 bits per heavy atom. The molecule has 0 aliphatic carbocycles. The maximum absolute atomic E-state index is 11.9. The molecule has 2 amide bonds. The number of hydrogen-bond acceptors (Lipinski definition) is 8. The average molecular weight is 483 g/mol. The first-order chi connectivity index (χ1) is 14.6. The summed E-state index contributed by atoms with van der Waals surface area (Å²) >= 11 is 17.1. The molecule has 14 heteroatoms. The van der Waals surface area contributed by atoms with Crippen molar-refractivity contribution >= 4 is 69.8 Å². The average Bonchev–Trinajstić information content (AvgIpc) is 2.67. The number of benzene rings is 2. The van der Waals surface area contributed by atoms with Gasteiger partial charge >= 0.3 is 5.69 Å². The lowest BCUT2D eigenvalue weighted by Gasteiger charge is -2.16. The number of amides is 2. The lowest BCUT2D eigenvalue weighted by molar-refractivity contribution is -0.394. The number of nitro groups is 2. The number of carbonyl (C=O) groups excluding carboxylic acids is 2. The van der Waals surface area contributed by atoms with E-state index in [0.29, 0.717) is 0 Å². The number of hydrogen-bond donors (Lipinski definition) is 2. The van der Waals surface area contributed by atoms with Gasteiger partial charge < -0.3 is 4.74 Å². The van der Waals surface area contributed by atoms with Gasteiger partial charge in [0, 0.05) is 6.07 Å². The summed E-state index contributed by atoms with van der Waals surface area (Å²) in [5, 5.41) is 26.3. The van der Waals surface area contributed by atoms with Crippen molar-refractivity contribution in [3.05, 3.63) is 71.7 Å². The lowest BCUT2D eigenvalue weighted by atomic mass is 10.1. The molecular weight excluding hydrogens is 475 g/mol. The molecule has 1 aliphatic rings. The number of non-ortho nitro benzene ring substituents is 1. The Morgan fingerprint density at radius 3 is 2.06 bits per heavy atom. The van der Waals surface area contributed by atoms with Crippen LogP contribution in [0.15, 0.2) is 35.9 Å². The van der Waals surface area contributed by atoms with E-state index in [1.807, 2.05) is 0 Å². The van der Waals surface area contributed by atoms with E-state index >= 15 is 0 Å². The molecule has 0 unspecified atom stereocenters. The van der Waals surface area contributed by atoms with Crippen LogP contribution in [0.25, 0.3) is 6.08 Å². The summed E-state index contributed by atoms with van der Waals surface area (Å²) in [7, 11) is 0. The fraction of sp³-hybridized carbons (Fsp3) is 0. The molecule has 0 radical (unpaired) electrons. The monoisotopic (exact) mass is 482 g/mol. The number of nitrogens with one attached hydrogen (secondary N) is 2. The third-order valence-electron chi connectivity index (χ3n) is 3.84. The number of rotatable bonds is 5. The van der Waals surface area contributed by atoms with E-state index < -0.39 is 33.0 Å². The molecule has 0 spiro atoms. The summed E-state index contributed by atoms with van der Waals surface area (Å²) < 4.78 is 5.44. The van der Waals surface area contributed by atoms with Crippen LogP contribution in [0.5, 0.6) is 11.5 Å². The summed E-state index contributed by atoms with van der Waals surface area (Å²) in [5.41, 5.74) is -1.16. The van der Waals surface area contributed by atoms with Gasteiger partial charge in [0.25, 0.3) is 17.5 Å². The van der Waals surface area contributed by atoms with E-state index in [4.69, 9.17) is 40.2 Å². The fourth-order valence-corrected chi connectivity index (χ4v) is 3.26. The Hall–Kier alpha value is -3.61. The van der Waals surface area contributed by atoms with Gasteiger partial charge in [-0.2, -0.15) is 0 Å². The highest BCUT2D eigenvalue weighted by atomic mass is 35.5. The van der Waals surface area contributed by atoms with Gasteiger partial charge in [0.2, 0.25) is 5.75 Å². The van der Waals surface area contributed by atoms with Crippen LogP contribution in [0, 0.1) is 20.2 Å². The first-order valence-corrected chi connectivity index (χ1v) is 9.21. The van der Waals surface area contributed by atoms with Gasteiger partial charge in [-0.25, -0.2) is 0 Å². The summed E-state index contributed by atoms with van der Waals surface area (Å²) in [5.74, 6) is -1.93. The molecule has 158 valence electrons. The van der Waals surface area contributed by atoms with Crippen LogP contribution in [-0.4, -0.2) is 26.8 Å². The summed E-state index contributed by atoms with van der Waals surface area (Å²) in [6.07, 6.45) is 1.21. The molecule has 0 bridgehead atoms. The van der Waals surface area contributed by atoms with Crippen LogP contribution in [0.1, 0.15) is 5.56 Å². The molecule has 3 rings (SSSR count). The minimum absolute atomic E-state index is 0.0980. The predicted octanol–water partition coefficient (Wildman–Crippen LogP) is 3.52. The normalized spacial score (nSPS) is 13.4. The topological polar surface area (TPSA) is 154 Å². The van der Waals surface area contributed by atoms with Crippen molar-refractivity contribution in [2.24, 2.45) is 0 Å². The molecular formula is C17H8Cl2N4O7S. The van der Waals surface area contributed by atoms with Crippen molar-refractivity contribution in [2.45, 2.75) is 0 Å². The molecule has 1 heterocycles. The molecule has 2 aromatic rings. The highest BCUT2D eigenvalue weighted by Crippen LogP contribution is 2.41. The quantitative estimate of drug-likeness (QED) is 0.215. The molecule has 1 aliphatic heterocycles. The Balaban J connectivity index is 1.97. The second kappa shape index (κ2) is 8.63. The van der Waals surface area contributed by atoms with Gasteiger partial charge in [0.1, 0.15) is 5.57 Å². The van der Waals surface area contributed by atoms with E-state index in [1.165, 1.54) is 18.2 Å². The predicted molar refractivity (Wildman–Crippen MR) is 113 cm³/mol. The molecule has 2 N–H and O–H groups in total. The minimum atomic E-state index is -0.854. The van der Waals surface area contributed by atoms with Crippen LogP contribution < -0.4 is 15.4 Å². The molecule has 11 nitrogen and oxygen atoms in total. The van der Waals surface area contributed by atoms with Crippen LogP contribution in [0.3, 0.4) is 0 Å². The van der Waals surface area contributed by atoms with E-state index in [-0.39, 0.29) is 37.8 Å². The van der Waals surface area contributed by atoms with Gasteiger partial charge in [-0.3, -0.25) is 40.5 Å².